The summed E-state index contributed by atoms with van der Waals surface area (Å²) in [5.74, 6) is 3.86. The average molecular weight is 449 g/mol. The first-order chi connectivity index (χ1) is 16.4. The van der Waals surface area contributed by atoms with Crippen molar-refractivity contribution in [3.8, 4) is 11.5 Å². The zero-order valence-corrected chi connectivity index (χ0v) is 19.5. The molecule has 0 atom stereocenters. The van der Waals surface area contributed by atoms with Crippen molar-refractivity contribution in [2.45, 2.75) is 44.9 Å². The molecule has 2 aromatic rings. The highest BCUT2D eigenvalue weighted by molar-refractivity contribution is 5.99. The Morgan fingerprint density at radius 1 is 0.576 bits per heavy atom. The van der Waals surface area contributed by atoms with Gasteiger partial charge in [-0.15, -0.1) is 0 Å². The van der Waals surface area contributed by atoms with E-state index in [1.807, 2.05) is 24.3 Å². The van der Waals surface area contributed by atoms with E-state index in [9.17, 15) is 0 Å². The summed E-state index contributed by atoms with van der Waals surface area (Å²) in [6.45, 7) is 5.36. The second-order valence-corrected chi connectivity index (χ2v) is 8.53. The Morgan fingerprint density at radius 3 is 1.39 bits per heavy atom. The molecule has 6 nitrogen and oxygen atoms in total. The van der Waals surface area contributed by atoms with Gasteiger partial charge in [0.25, 0.3) is 0 Å². The van der Waals surface area contributed by atoms with Crippen molar-refractivity contribution in [1.29, 1.82) is 0 Å². The molecule has 0 saturated carbocycles. The monoisotopic (exact) mass is 448 g/mol. The highest BCUT2D eigenvalue weighted by Crippen LogP contribution is 2.16. The molecule has 2 N–H and O–H groups in total. The normalized spacial score (nSPS) is 15.6. The molecule has 2 heterocycles. The van der Waals surface area contributed by atoms with Crippen molar-refractivity contribution in [3.05, 3.63) is 59.7 Å². The zero-order valence-electron chi connectivity index (χ0n) is 19.5. The van der Waals surface area contributed by atoms with E-state index in [2.05, 4.69) is 44.9 Å². The number of rotatable bonds is 12. The minimum absolute atomic E-state index is 0.765. The number of hydrogen-bond acceptors (Lipinski definition) is 6. The molecule has 2 aliphatic heterocycles. The van der Waals surface area contributed by atoms with Gasteiger partial charge in [0.1, 0.15) is 23.2 Å². The third-order valence-electron chi connectivity index (χ3n) is 5.88. The minimum Gasteiger partial charge on any atom is -0.494 e. The van der Waals surface area contributed by atoms with E-state index in [1.165, 1.54) is 19.3 Å². The van der Waals surface area contributed by atoms with Crippen LogP contribution in [0.4, 0.5) is 0 Å². The van der Waals surface area contributed by atoms with E-state index >= 15 is 0 Å². The molecule has 2 aromatic carbocycles. The summed E-state index contributed by atoms with van der Waals surface area (Å²) in [4.78, 5) is 9.07. The van der Waals surface area contributed by atoms with Gasteiger partial charge in [-0.05, 0) is 74.2 Å². The fourth-order valence-electron chi connectivity index (χ4n) is 3.98. The topological polar surface area (TPSA) is 67.2 Å². The SMILES string of the molecule is c1cc(C2=NCCCN2)ccc1OCCCCCCCOc1ccc(C2=NCCCN2)cc1. The van der Waals surface area contributed by atoms with Gasteiger partial charge >= 0.3 is 0 Å². The number of hydrogen-bond donors (Lipinski definition) is 2. The number of unbranched alkanes of at least 4 members (excludes halogenated alkanes) is 4. The Kier molecular flexibility index (Phi) is 9.03. The molecule has 0 aliphatic carbocycles. The number of ether oxygens (including phenoxy) is 2. The Labute approximate surface area is 197 Å². The van der Waals surface area contributed by atoms with Crippen LogP contribution in [0, 0.1) is 0 Å². The van der Waals surface area contributed by atoms with Crippen LogP contribution in [0.2, 0.25) is 0 Å². The maximum Gasteiger partial charge on any atom is 0.128 e. The number of aliphatic imine (C=N–C) groups is 2. The van der Waals surface area contributed by atoms with Crippen molar-refractivity contribution in [2.24, 2.45) is 9.98 Å². The molecule has 2 aliphatic rings. The Morgan fingerprint density at radius 2 is 1.00 bits per heavy atom. The predicted molar refractivity (Wildman–Crippen MR) is 135 cm³/mol. The van der Waals surface area contributed by atoms with E-state index in [0.29, 0.717) is 0 Å². The van der Waals surface area contributed by atoms with Crippen LogP contribution in [0.15, 0.2) is 58.5 Å². The lowest BCUT2D eigenvalue weighted by Gasteiger charge is -2.15. The van der Waals surface area contributed by atoms with Crippen LogP contribution in [-0.4, -0.2) is 51.1 Å². The summed E-state index contributed by atoms with van der Waals surface area (Å²) in [6.07, 6.45) is 7.96. The molecule has 0 radical (unpaired) electrons. The van der Waals surface area contributed by atoms with Gasteiger partial charge in [0.05, 0.1) is 13.2 Å². The number of benzene rings is 2. The summed E-state index contributed by atoms with van der Waals surface area (Å²) in [5, 5.41) is 6.71. The third kappa shape index (κ3) is 7.52. The van der Waals surface area contributed by atoms with Gasteiger partial charge in [-0.3, -0.25) is 9.98 Å². The second kappa shape index (κ2) is 12.9. The summed E-state index contributed by atoms with van der Waals surface area (Å²) in [6, 6.07) is 16.5. The van der Waals surface area contributed by atoms with Crippen LogP contribution in [0.3, 0.4) is 0 Å². The summed E-state index contributed by atoms with van der Waals surface area (Å²) < 4.78 is 11.8. The molecule has 176 valence electrons. The molecular weight excluding hydrogens is 412 g/mol. The lowest BCUT2D eigenvalue weighted by Crippen LogP contribution is -2.30. The second-order valence-electron chi connectivity index (χ2n) is 8.53. The molecule has 0 unspecified atom stereocenters. The van der Waals surface area contributed by atoms with Crippen LogP contribution in [0.1, 0.15) is 56.1 Å². The van der Waals surface area contributed by atoms with Crippen molar-refractivity contribution >= 4 is 11.7 Å². The molecule has 6 heteroatoms. The highest BCUT2D eigenvalue weighted by Gasteiger charge is 2.08. The summed E-state index contributed by atoms with van der Waals surface area (Å²) in [5.41, 5.74) is 2.27. The van der Waals surface area contributed by atoms with Crippen LogP contribution in [-0.2, 0) is 0 Å². The van der Waals surface area contributed by atoms with Gasteiger partial charge in [0.15, 0.2) is 0 Å². The molecular formula is C27H36N4O2. The standard InChI is InChI=1S/C27H36N4O2/c1(2-4-20-32-24-12-8-22(9-13-24)26-28-16-6-17-29-26)3-5-21-33-25-14-10-23(11-15-25)27-30-18-7-19-31-27/h8-15H,1-7,16-21H2,(H,28,29)(H,30,31). The molecule has 0 aromatic heterocycles. The van der Waals surface area contributed by atoms with E-state index in [4.69, 9.17) is 9.47 Å². The first-order valence-corrected chi connectivity index (χ1v) is 12.4. The maximum absolute atomic E-state index is 5.89. The Hall–Kier alpha value is -3.02. The van der Waals surface area contributed by atoms with Crippen molar-refractivity contribution in [3.63, 3.8) is 0 Å². The van der Waals surface area contributed by atoms with Gasteiger partial charge in [-0.1, -0.05) is 19.3 Å². The Bertz CT molecular complexity index is 831. The number of nitrogens with one attached hydrogen (secondary N) is 2. The first kappa shape index (κ1) is 23.1. The van der Waals surface area contributed by atoms with Gasteiger partial charge in [0.2, 0.25) is 0 Å². The van der Waals surface area contributed by atoms with Crippen molar-refractivity contribution in [2.75, 3.05) is 39.4 Å². The fraction of sp³-hybridized carbons (Fsp3) is 0.481. The lowest BCUT2D eigenvalue weighted by atomic mass is 10.1. The lowest BCUT2D eigenvalue weighted by molar-refractivity contribution is 0.293. The van der Waals surface area contributed by atoms with Crippen LogP contribution in [0.5, 0.6) is 11.5 Å². The zero-order chi connectivity index (χ0) is 22.6. The summed E-state index contributed by atoms with van der Waals surface area (Å²) in [7, 11) is 0. The third-order valence-corrected chi connectivity index (χ3v) is 5.88. The van der Waals surface area contributed by atoms with E-state index in [0.717, 1.165) is 99.4 Å². The smallest absolute Gasteiger partial charge is 0.128 e. The minimum atomic E-state index is 0.765. The molecule has 0 bridgehead atoms. The van der Waals surface area contributed by atoms with E-state index in [-0.39, 0.29) is 0 Å². The van der Waals surface area contributed by atoms with Gasteiger partial charge < -0.3 is 20.1 Å². The highest BCUT2D eigenvalue weighted by atomic mass is 16.5. The van der Waals surface area contributed by atoms with Crippen molar-refractivity contribution < 1.29 is 9.47 Å². The van der Waals surface area contributed by atoms with Crippen LogP contribution < -0.4 is 20.1 Å². The largest absolute Gasteiger partial charge is 0.494 e. The number of nitrogens with zero attached hydrogens (tertiary/aromatic N) is 2. The average Bonchev–Trinajstić information content (AvgIpc) is 2.89. The van der Waals surface area contributed by atoms with E-state index < -0.39 is 0 Å². The fourth-order valence-corrected chi connectivity index (χ4v) is 3.98. The molecule has 0 saturated heterocycles. The predicted octanol–water partition coefficient (Wildman–Crippen LogP) is 4.57. The molecule has 0 amide bonds. The molecule has 33 heavy (non-hydrogen) atoms. The van der Waals surface area contributed by atoms with Crippen molar-refractivity contribution in [1.82, 2.24) is 10.6 Å². The van der Waals surface area contributed by atoms with Gasteiger partial charge in [-0.25, -0.2) is 0 Å². The molecule has 0 fully saturated rings. The van der Waals surface area contributed by atoms with Crippen LogP contribution in [0.25, 0.3) is 0 Å². The maximum atomic E-state index is 5.89. The quantitative estimate of drug-likeness (QED) is 0.467. The molecule has 0 spiro atoms. The first-order valence-electron chi connectivity index (χ1n) is 12.4. The van der Waals surface area contributed by atoms with Gasteiger partial charge in [-0.2, -0.15) is 0 Å². The summed E-state index contributed by atoms with van der Waals surface area (Å²) >= 11 is 0. The Balaban J connectivity index is 1.03. The van der Waals surface area contributed by atoms with Gasteiger partial charge in [0, 0.05) is 37.3 Å². The van der Waals surface area contributed by atoms with Crippen LogP contribution >= 0.6 is 0 Å². The van der Waals surface area contributed by atoms with E-state index in [1.54, 1.807) is 0 Å². The molecule has 4 rings (SSSR count). The number of amidine groups is 2.